The third kappa shape index (κ3) is 5.17. The summed E-state index contributed by atoms with van der Waals surface area (Å²) in [6.07, 6.45) is 4.57. The molecular weight excluding hydrogens is 326 g/mol. The molecule has 0 spiro atoms. The molecule has 5 nitrogen and oxygen atoms in total. The van der Waals surface area contributed by atoms with Gasteiger partial charge in [0.1, 0.15) is 11.8 Å². The summed E-state index contributed by atoms with van der Waals surface area (Å²) >= 11 is 0. The van der Waals surface area contributed by atoms with Crippen molar-refractivity contribution >= 4 is 16.7 Å². The van der Waals surface area contributed by atoms with Crippen LogP contribution in [0.25, 0.3) is 10.8 Å². The molecule has 0 saturated heterocycles. The zero-order valence-corrected chi connectivity index (χ0v) is 15.9. The number of carbonyl (C=O) groups is 1. The molecule has 1 aromatic heterocycles. The fourth-order valence-electron chi connectivity index (χ4n) is 2.61. The molecule has 0 radical (unpaired) electrons. The van der Waals surface area contributed by atoms with Gasteiger partial charge in [0, 0.05) is 27.4 Å². The van der Waals surface area contributed by atoms with Gasteiger partial charge in [0.2, 0.25) is 12.2 Å². The van der Waals surface area contributed by atoms with Crippen LogP contribution >= 0.6 is 0 Å². The molecule has 0 saturated carbocycles. The van der Waals surface area contributed by atoms with Gasteiger partial charge in [0.05, 0.1) is 6.54 Å². The van der Waals surface area contributed by atoms with E-state index in [2.05, 4.69) is 53.5 Å². The summed E-state index contributed by atoms with van der Waals surface area (Å²) in [6, 6.07) is 16.7. The second-order valence-corrected chi connectivity index (χ2v) is 6.80. The number of hydrogen-bond donors (Lipinski definition) is 2. The SMILES string of the molecule is CC(=O)N(C)C.CC1(O)CC[n+]2c[nH]cc21.c1ccc2ccccc2c1. The van der Waals surface area contributed by atoms with Crippen LogP contribution in [0.3, 0.4) is 0 Å². The highest BCUT2D eigenvalue weighted by Gasteiger charge is 2.37. The molecule has 26 heavy (non-hydrogen) atoms. The molecule has 2 aromatic carbocycles. The number of amides is 1. The summed E-state index contributed by atoms with van der Waals surface area (Å²) < 4.78 is 2.04. The third-order valence-corrected chi connectivity index (χ3v) is 4.44. The Morgan fingerprint density at radius 2 is 1.58 bits per heavy atom. The van der Waals surface area contributed by atoms with Crippen LogP contribution in [0, 0.1) is 0 Å². The number of rotatable bonds is 0. The van der Waals surface area contributed by atoms with Crippen LogP contribution in [0.5, 0.6) is 0 Å². The second kappa shape index (κ2) is 8.63. The molecule has 1 aliphatic heterocycles. The first-order valence-electron chi connectivity index (χ1n) is 8.72. The first kappa shape index (κ1) is 19.7. The number of aromatic nitrogens is 2. The highest BCUT2D eigenvalue weighted by molar-refractivity contribution is 5.82. The maximum Gasteiger partial charge on any atom is 0.241 e. The van der Waals surface area contributed by atoms with Gasteiger partial charge in [-0.05, 0) is 17.7 Å². The Balaban J connectivity index is 0.000000146. The first-order valence-corrected chi connectivity index (χ1v) is 8.72. The predicted octanol–water partition coefficient (Wildman–Crippen LogP) is 2.85. The van der Waals surface area contributed by atoms with Crippen molar-refractivity contribution in [2.75, 3.05) is 14.1 Å². The number of aliphatic hydroxyl groups is 1. The van der Waals surface area contributed by atoms with Crippen LogP contribution in [0.1, 0.15) is 26.0 Å². The van der Waals surface area contributed by atoms with Gasteiger partial charge < -0.3 is 10.0 Å². The molecule has 2 N–H and O–H groups in total. The van der Waals surface area contributed by atoms with E-state index in [1.165, 1.54) is 22.6 Å². The van der Waals surface area contributed by atoms with Crippen LogP contribution in [-0.4, -0.2) is 35.0 Å². The van der Waals surface area contributed by atoms with Crippen molar-refractivity contribution < 1.29 is 14.5 Å². The molecule has 0 bridgehead atoms. The maximum atomic E-state index is 10.1. The number of benzene rings is 2. The molecule has 4 rings (SSSR count). The number of nitrogens with zero attached hydrogens (tertiary/aromatic N) is 2. The van der Waals surface area contributed by atoms with Crippen LogP contribution in [0.15, 0.2) is 61.1 Å². The lowest BCUT2D eigenvalue weighted by molar-refractivity contribution is -0.690. The summed E-state index contributed by atoms with van der Waals surface area (Å²) in [5, 5.41) is 12.3. The van der Waals surface area contributed by atoms with Gasteiger partial charge in [-0.25, -0.2) is 9.55 Å². The molecule has 1 unspecified atom stereocenters. The molecule has 3 aromatic rings. The number of hydrogen-bond acceptors (Lipinski definition) is 2. The summed E-state index contributed by atoms with van der Waals surface area (Å²) in [4.78, 5) is 14.6. The van der Waals surface area contributed by atoms with E-state index in [0.29, 0.717) is 0 Å². The van der Waals surface area contributed by atoms with Crippen molar-refractivity contribution in [2.45, 2.75) is 32.4 Å². The lowest BCUT2D eigenvalue weighted by atomic mass is 10.0. The Kier molecular flexibility index (Phi) is 6.52. The Bertz CT molecular complexity index is 788. The van der Waals surface area contributed by atoms with E-state index < -0.39 is 5.60 Å². The normalized spacial score (nSPS) is 17.4. The largest absolute Gasteiger partial charge is 0.381 e. The second-order valence-electron chi connectivity index (χ2n) is 6.80. The van der Waals surface area contributed by atoms with Crippen molar-refractivity contribution in [3.8, 4) is 0 Å². The number of imidazole rings is 1. The van der Waals surface area contributed by atoms with Crippen LogP contribution < -0.4 is 4.57 Å². The minimum atomic E-state index is -0.611. The summed E-state index contributed by atoms with van der Waals surface area (Å²) in [5.74, 6) is 0.0926. The number of aryl methyl sites for hydroxylation is 1. The monoisotopic (exact) mass is 354 g/mol. The van der Waals surface area contributed by atoms with Crippen molar-refractivity contribution in [1.29, 1.82) is 0 Å². The number of H-pyrrole nitrogens is 1. The van der Waals surface area contributed by atoms with Gasteiger partial charge in [-0.2, -0.15) is 0 Å². The molecule has 1 aliphatic rings. The Labute approximate surface area is 154 Å². The fraction of sp³-hybridized carbons (Fsp3) is 0.333. The van der Waals surface area contributed by atoms with Crippen molar-refractivity contribution in [1.82, 2.24) is 9.88 Å². The fourth-order valence-corrected chi connectivity index (χ4v) is 2.61. The van der Waals surface area contributed by atoms with E-state index in [9.17, 15) is 9.90 Å². The molecule has 0 aliphatic carbocycles. The Morgan fingerprint density at radius 3 is 1.96 bits per heavy atom. The highest BCUT2D eigenvalue weighted by Crippen LogP contribution is 2.25. The molecule has 1 amide bonds. The quantitative estimate of drug-likeness (QED) is 0.610. The molecule has 1 atom stereocenters. The van der Waals surface area contributed by atoms with E-state index in [1.807, 2.05) is 24.0 Å². The van der Waals surface area contributed by atoms with E-state index in [4.69, 9.17) is 0 Å². The average Bonchev–Trinajstić information content (AvgIpc) is 3.21. The predicted molar refractivity (Wildman–Crippen MR) is 103 cm³/mol. The minimum absolute atomic E-state index is 0.0926. The van der Waals surface area contributed by atoms with Crippen LogP contribution in [-0.2, 0) is 16.9 Å². The van der Waals surface area contributed by atoms with Crippen LogP contribution in [0.4, 0.5) is 0 Å². The van der Waals surface area contributed by atoms with Crippen molar-refractivity contribution in [3.05, 3.63) is 66.7 Å². The zero-order chi connectivity index (χ0) is 19.2. The molecule has 0 fully saturated rings. The molecular formula is C21H28N3O2+. The smallest absolute Gasteiger partial charge is 0.241 e. The lowest BCUT2D eigenvalue weighted by Gasteiger charge is -2.09. The Morgan fingerprint density at radius 1 is 1.12 bits per heavy atom. The lowest BCUT2D eigenvalue weighted by Crippen LogP contribution is -2.31. The number of fused-ring (bicyclic) bond motifs is 2. The molecule has 5 heteroatoms. The van der Waals surface area contributed by atoms with Crippen LogP contribution in [0.2, 0.25) is 0 Å². The molecule has 2 heterocycles. The maximum absolute atomic E-state index is 10.1. The van der Waals surface area contributed by atoms with E-state index in [1.54, 1.807) is 14.1 Å². The zero-order valence-electron chi connectivity index (χ0n) is 15.9. The first-order chi connectivity index (χ1) is 12.3. The van der Waals surface area contributed by atoms with Gasteiger partial charge in [0.15, 0.2) is 5.69 Å². The third-order valence-electron chi connectivity index (χ3n) is 4.44. The number of nitrogens with one attached hydrogen (secondary N) is 1. The van der Waals surface area contributed by atoms with Gasteiger partial charge in [0.25, 0.3) is 0 Å². The standard InChI is InChI=1S/C10H8.C7H10N2O.C4H9NO/c1-2-6-10-8-4-3-7-9(10)5-1;1-7(10)2-3-9-5-8-4-6(7)9;1-4(6)5(2)3/h1-8H;4-5,10H,2-3H2,1H3;1-3H3/p+1. The van der Waals surface area contributed by atoms with E-state index in [-0.39, 0.29) is 5.91 Å². The summed E-state index contributed by atoms with van der Waals surface area (Å²) in [5.41, 5.74) is 0.382. The Hall–Kier alpha value is -2.66. The van der Waals surface area contributed by atoms with E-state index in [0.717, 1.165) is 18.7 Å². The number of carbonyl (C=O) groups excluding carboxylic acids is 1. The topological polar surface area (TPSA) is 60.2 Å². The average molecular weight is 354 g/mol. The van der Waals surface area contributed by atoms with Crippen molar-refractivity contribution in [2.24, 2.45) is 0 Å². The minimum Gasteiger partial charge on any atom is -0.381 e. The van der Waals surface area contributed by atoms with Gasteiger partial charge in [-0.3, -0.25) is 4.79 Å². The van der Waals surface area contributed by atoms with Crippen molar-refractivity contribution in [3.63, 3.8) is 0 Å². The summed E-state index contributed by atoms with van der Waals surface area (Å²) in [6.45, 7) is 4.30. The van der Waals surface area contributed by atoms with E-state index >= 15 is 0 Å². The van der Waals surface area contributed by atoms with Gasteiger partial charge >= 0.3 is 0 Å². The number of aromatic amines is 1. The van der Waals surface area contributed by atoms with Gasteiger partial charge in [-0.1, -0.05) is 48.5 Å². The van der Waals surface area contributed by atoms with Gasteiger partial charge in [-0.15, -0.1) is 0 Å². The highest BCUT2D eigenvalue weighted by atomic mass is 16.3. The summed E-state index contributed by atoms with van der Waals surface area (Å²) in [7, 11) is 3.45. The molecule has 138 valence electrons.